The summed E-state index contributed by atoms with van der Waals surface area (Å²) in [4.78, 5) is 0. The maximum Gasteiger partial charge on any atom is 0.121 e. The van der Waals surface area contributed by atoms with Gasteiger partial charge in [-0.05, 0) is 55.4 Å². The van der Waals surface area contributed by atoms with Gasteiger partial charge in [-0.3, -0.25) is 0 Å². The van der Waals surface area contributed by atoms with Gasteiger partial charge in [0.1, 0.15) is 5.75 Å². The van der Waals surface area contributed by atoms with Crippen molar-refractivity contribution in [2.75, 3.05) is 0 Å². The van der Waals surface area contributed by atoms with Gasteiger partial charge >= 0.3 is 0 Å². The summed E-state index contributed by atoms with van der Waals surface area (Å²) in [5.74, 6) is 0.418. The molecular weight excluding hydrogens is 174 g/mol. The second kappa shape index (κ2) is 3.28. The van der Waals surface area contributed by atoms with E-state index >= 15 is 0 Å². The Kier molecular flexibility index (Phi) is 2.23. The monoisotopic (exact) mass is 191 g/mol. The van der Waals surface area contributed by atoms with Crippen LogP contribution in [0.2, 0.25) is 0 Å². The summed E-state index contributed by atoms with van der Waals surface area (Å²) in [5.41, 5.74) is 10.5. The van der Waals surface area contributed by atoms with Crippen molar-refractivity contribution in [1.29, 1.82) is 0 Å². The zero-order chi connectivity index (χ0) is 10.3. The number of hydrogen-bond acceptors (Lipinski definition) is 2. The minimum absolute atomic E-state index is 0.116. The predicted octanol–water partition coefficient (Wildman–Crippen LogP) is 2.35. The van der Waals surface area contributed by atoms with E-state index in [9.17, 15) is 5.11 Å². The Labute approximate surface area is 84.7 Å². The predicted molar refractivity (Wildman–Crippen MR) is 57.4 cm³/mol. The Morgan fingerprint density at radius 1 is 1.43 bits per heavy atom. The van der Waals surface area contributed by atoms with Crippen molar-refractivity contribution in [3.8, 4) is 5.75 Å². The number of phenols is 1. The summed E-state index contributed by atoms with van der Waals surface area (Å²) < 4.78 is 0. The van der Waals surface area contributed by atoms with E-state index < -0.39 is 0 Å². The molecule has 2 rings (SSSR count). The molecule has 0 fully saturated rings. The summed E-state index contributed by atoms with van der Waals surface area (Å²) in [6, 6.07) is 2.20. The van der Waals surface area contributed by atoms with Gasteiger partial charge in [0.15, 0.2) is 0 Å². The number of phenolic OH excluding ortho intramolecular Hbond substituents is 1. The quantitative estimate of drug-likeness (QED) is 0.661. The van der Waals surface area contributed by atoms with E-state index in [0.29, 0.717) is 5.75 Å². The fourth-order valence-electron chi connectivity index (χ4n) is 2.45. The van der Waals surface area contributed by atoms with Gasteiger partial charge in [0, 0.05) is 6.04 Å². The van der Waals surface area contributed by atoms with Crippen molar-refractivity contribution < 1.29 is 5.11 Å². The first-order valence-electron chi connectivity index (χ1n) is 5.18. The molecule has 1 aliphatic rings. The topological polar surface area (TPSA) is 46.2 Å². The van der Waals surface area contributed by atoms with Gasteiger partial charge < -0.3 is 10.8 Å². The molecule has 0 saturated carbocycles. The van der Waals surface area contributed by atoms with Gasteiger partial charge in [-0.15, -0.1) is 0 Å². The highest BCUT2D eigenvalue weighted by Crippen LogP contribution is 2.36. The van der Waals surface area contributed by atoms with E-state index in [0.717, 1.165) is 30.4 Å². The molecule has 0 radical (unpaired) electrons. The summed E-state index contributed by atoms with van der Waals surface area (Å²) >= 11 is 0. The second-order valence-corrected chi connectivity index (χ2v) is 4.24. The molecule has 0 aliphatic heterocycles. The summed E-state index contributed by atoms with van der Waals surface area (Å²) in [6.07, 6.45) is 3.30. The molecule has 1 atom stereocenters. The van der Waals surface area contributed by atoms with Crippen LogP contribution in [0.4, 0.5) is 0 Å². The van der Waals surface area contributed by atoms with Crippen LogP contribution in [-0.4, -0.2) is 5.11 Å². The first-order chi connectivity index (χ1) is 6.61. The van der Waals surface area contributed by atoms with Gasteiger partial charge in [-0.1, -0.05) is 6.07 Å². The van der Waals surface area contributed by atoms with Crippen LogP contribution in [0.1, 0.15) is 41.1 Å². The largest absolute Gasteiger partial charge is 0.507 e. The van der Waals surface area contributed by atoms with E-state index in [-0.39, 0.29) is 6.04 Å². The van der Waals surface area contributed by atoms with Gasteiger partial charge in [-0.2, -0.15) is 0 Å². The van der Waals surface area contributed by atoms with Crippen molar-refractivity contribution in [2.24, 2.45) is 5.73 Å². The van der Waals surface area contributed by atoms with Crippen LogP contribution >= 0.6 is 0 Å². The van der Waals surface area contributed by atoms with Crippen LogP contribution in [-0.2, 0) is 6.42 Å². The molecule has 0 unspecified atom stereocenters. The number of nitrogens with two attached hydrogens (primary N) is 1. The normalized spacial score (nSPS) is 20.6. The molecule has 1 aliphatic carbocycles. The smallest absolute Gasteiger partial charge is 0.121 e. The highest BCUT2D eigenvalue weighted by molar-refractivity contribution is 5.50. The average Bonchev–Trinajstić information content (AvgIpc) is 2.14. The van der Waals surface area contributed by atoms with Gasteiger partial charge in [0.2, 0.25) is 0 Å². The number of hydrogen-bond donors (Lipinski definition) is 2. The van der Waals surface area contributed by atoms with Crippen molar-refractivity contribution in [3.05, 3.63) is 28.3 Å². The zero-order valence-electron chi connectivity index (χ0n) is 8.80. The third kappa shape index (κ3) is 1.30. The lowest BCUT2D eigenvalue weighted by Crippen LogP contribution is -2.19. The molecule has 0 spiro atoms. The standard InChI is InChI=1S/C12H17NO/c1-7-6-9-4-3-5-10(13)11(9)8(2)12(7)14/h6,10,14H,3-5,13H2,1-2H3/t10-/m1/s1. The van der Waals surface area contributed by atoms with Crippen LogP contribution < -0.4 is 5.73 Å². The number of aromatic hydroxyl groups is 1. The molecule has 0 saturated heterocycles. The highest BCUT2D eigenvalue weighted by atomic mass is 16.3. The molecule has 0 amide bonds. The van der Waals surface area contributed by atoms with E-state index in [4.69, 9.17) is 5.73 Å². The third-order valence-corrected chi connectivity index (χ3v) is 3.20. The van der Waals surface area contributed by atoms with Crippen molar-refractivity contribution in [2.45, 2.75) is 39.2 Å². The Balaban J connectivity index is 2.64. The van der Waals surface area contributed by atoms with Crippen LogP contribution in [0.3, 0.4) is 0 Å². The van der Waals surface area contributed by atoms with E-state index in [1.807, 2.05) is 13.8 Å². The Bertz CT molecular complexity index is 371. The highest BCUT2D eigenvalue weighted by Gasteiger charge is 2.21. The van der Waals surface area contributed by atoms with Crippen molar-refractivity contribution in [3.63, 3.8) is 0 Å². The van der Waals surface area contributed by atoms with Crippen LogP contribution in [0.5, 0.6) is 5.75 Å². The maximum atomic E-state index is 9.82. The third-order valence-electron chi connectivity index (χ3n) is 3.20. The lowest BCUT2D eigenvalue weighted by atomic mass is 9.84. The molecule has 2 nitrogen and oxygen atoms in total. The van der Waals surface area contributed by atoms with Crippen LogP contribution in [0.25, 0.3) is 0 Å². The van der Waals surface area contributed by atoms with Gasteiger partial charge in [0.25, 0.3) is 0 Å². The number of aryl methyl sites for hydroxylation is 2. The zero-order valence-corrected chi connectivity index (χ0v) is 8.80. The average molecular weight is 191 g/mol. The molecule has 0 heterocycles. The molecule has 0 bridgehead atoms. The van der Waals surface area contributed by atoms with Crippen molar-refractivity contribution >= 4 is 0 Å². The Morgan fingerprint density at radius 2 is 2.14 bits per heavy atom. The Morgan fingerprint density at radius 3 is 2.86 bits per heavy atom. The molecule has 76 valence electrons. The molecule has 3 N–H and O–H groups in total. The number of rotatable bonds is 0. The van der Waals surface area contributed by atoms with Crippen LogP contribution in [0, 0.1) is 13.8 Å². The molecule has 14 heavy (non-hydrogen) atoms. The molecular formula is C12H17NO. The fourth-order valence-corrected chi connectivity index (χ4v) is 2.45. The maximum absolute atomic E-state index is 9.82. The van der Waals surface area contributed by atoms with E-state index in [1.54, 1.807) is 0 Å². The molecule has 0 aromatic heterocycles. The first kappa shape index (κ1) is 9.53. The van der Waals surface area contributed by atoms with Crippen molar-refractivity contribution in [1.82, 2.24) is 0 Å². The number of fused-ring (bicyclic) bond motifs is 1. The number of benzene rings is 1. The lowest BCUT2D eigenvalue weighted by Gasteiger charge is -2.25. The summed E-state index contributed by atoms with van der Waals surface area (Å²) in [5, 5.41) is 9.82. The first-order valence-corrected chi connectivity index (χ1v) is 5.18. The summed E-state index contributed by atoms with van der Waals surface area (Å²) in [6.45, 7) is 3.91. The van der Waals surface area contributed by atoms with Gasteiger partial charge in [-0.25, -0.2) is 0 Å². The molecule has 1 aromatic rings. The summed E-state index contributed by atoms with van der Waals surface area (Å²) in [7, 11) is 0. The Hall–Kier alpha value is -1.02. The second-order valence-electron chi connectivity index (χ2n) is 4.24. The SMILES string of the molecule is Cc1cc2c(c(C)c1O)[C@H](N)CCC2. The lowest BCUT2D eigenvalue weighted by molar-refractivity contribution is 0.460. The molecule has 2 heteroatoms. The minimum atomic E-state index is 0.116. The molecule has 1 aromatic carbocycles. The minimum Gasteiger partial charge on any atom is -0.507 e. The van der Waals surface area contributed by atoms with Crippen LogP contribution in [0.15, 0.2) is 6.07 Å². The van der Waals surface area contributed by atoms with E-state index in [2.05, 4.69) is 6.07 Å². The fraction of sp³-hybridized carbons (Fsp3) is 0.500. The van der Waals surface area contributed by atoms with Gasteiger partial charge in [0.05, 0.1) is 0 Å². The van der Waals surface area contributed by atoms with E-state index in [1.165, 1.54) is 11.1 Å².